The fourth-order valence-electron chi connectivity index (χ4n) is 3.15. The van der Waals surface area contributed by atoms with Crippen molar-refractivity contribution in [2.45, 2.75) is 11.1 Å². The van der Waals surface area contributed by atoms with Gasteiger partial charge in [-0.15, -0.1) is 0 Å². The van der Waals surface area contributed by atoms with Crippen molar-refractivity contribution in [3.63, 3.8) is 0 Å². The highest BCUT2D eigenvalue weighted by atomic mass is 79.9. The average molecular weight is 575 g/mol. The number of nitrogens with zero attached hydrogens (tertiary/aromatic N) is 3. The van der Waals surface area contributed by atoms with E-state index in [2.05, 4.69) is 36.1 Å². The van der Waals surface area contributed by atoms with Crippen molar-refractivity contribution >= 4 is 49.0 Å². The van der Waals surface area contributed by atoms with Gasteiger partial charge in [-0.25, -0.2) is 18.1 Å². The Bertz CT molecular complexity index is 1440. The molecule has 2 N–H and O–H groups in total. The van der Waals surface area contributed by atoms with Gasteiger partial charge in [-0.05, 0) is 46.3 Å². The molecule has 0 spiro atoms. The molecule has 0 aliphatic carbocycles. The SMILES string of the molecule is O=S(=O)(NCCNc1cc(-c2ccccc2Cl)nc2c(Br)cnn12)c1ccc(C(F)(F)F)cc1. The first-order valence-corrected chi connectivity index (χ1v) is 12.4. The molecule has 0 saturated carbocycles. The fraction of sp³-hybridized carbons (Fsp3) is 0.143. The van der Waals surface area contributed by atoms with Gasteiger partial charge in [-0.3, -0.25) is 0 Å². The zero-order valence-electron chi connectivity index (χ0n) is 17.1. The highest BCUT2D eigenvalue weighted by Gasteiger charge is 2.30. The van der Waals surface area contributed by atoms with E-state index in [1.54, 1.807) is 28.9 Å². The standard InChI is InChI=1S/C21H16BrClF3N5O2S/c22-16-12-28-31-19(11-18(30-20(16)31)15-3-1-2-4-17(15)23)27-9-10-29-34(32,33)14-7-5-13(6-8-14)21(24,25)26/h1-8,11-12,27,29H,9-10H2. The van der Waals surface area contributed by atoms with E-state index in [-0.39, 0.29) is 18.0 Å². The normalized spacial score (nSPS) is 12.3. The molecule has 0 saturated heterocycles. The van der Waals surface area contributed by atoms with Crippen molar-refractivity contribution in [2.24, 2.45) is 0 Å². The van der Waals surface area contributed by atoms with E-state index in [1.165, 1.54) is 0 Å². The molecule has 178 valence electrons. The third-order valence-electron chi connectivity index (χ3n) is 4.79. The van der Waals surface area contributed by atoms with Crippen LogP contribution < -0.4 is 10.0 Å². The first-order valence-electron chi connectivity index (χ1n) is 9.76. The van der Waals surface area contributed by atoms with Crippen LogP contribution in [0.2, 0.25) is 5.02 Å². The maximum atomic E-state index is 12.7. The highest BCUT2D eigenvalue weighted by Crippen LogP contribution is 2.31. The number of halogens is 5. The van der Waals surface area contributed by atoms with Gasteiger partial charge >= 0.3 is 6.18 Å². The molecule has 0 bridgehead atoms. The van der Waals surface area contributed by atoms with E-state index in [4.69, 9.17) is 11.6 Å². The Hall–Kier alpha value is -2.67. The lowest BCUT2D eigenvalue weighted by Gasteiger charge is -2.13. The minimum absolute atomic E-state index is 0.0307. The Morgan fingerprint density at radius 3 is 2.44 bits per heavy atom. The van der Waals surface area contributed by atoms with Crippen molar-refractivity contribution in [1.82, 2.24) is 19.3 Å². The molecule has 0 fully saturated rings. The van der Waals surface area contributed by atoms with Gasteiger partial charge in [-0.2, -0.15) is 22.8 Å². The van der Waals surface area contributed by atoms with E-state index in [9.17, 15) is 21.6 Å². The van der Waals surface area contributed by atoms with Crippen molar-refractivity contribution in [1.29, 1.82) is 0 Å². The minimum atomic E-state index is -4.54. The lowest BCUT2D eigenvalue weighted by atomic mass is 10.1. The molecule has 0 unspecified atom stereocenters. The summed E-state index contributed by atoms with van der Waals surface area (Å²) in [6.45, 7) is 0.134. The summed E-state index contributed by atoms with van der Waals surface area (Å²) < 4.78 is 67.5. The van der Waals surface area contributed by atoms with Gasteiger partial charge in [0, 0.05) is 29.7 Å². The second-order valence-electron chi connectivity index (χ2n) is 7.08. The number of anilines is 1. The van der Waals surface area contributed by atoms with Crippen LogP contribution in [0.5, 0.6) is 0 Å². The van der Waals surface area contributed by atoms with Gasteiger partial charge in [-0.1, -0.05) is 29.8 Å². The molecule has 0 atom stereocenters. The van der Waals surface area contributed by atoms with Gasteiger partial charge in [0.05, 0.1) is 26.8 Å². The molecule has 4 rings (SSSR count). The number of aromatic nitrogens is 3. The van der Waals surface area contributed by atoms with Crippen LogP contribution in [-0.4, -0.2) is 36.1 Å². The first kappa shape index (κ1) is 24.5. The number of hydrogen-bond acceptors (Lipinski definition) is 5. The van der Waals surface area contributed by atoms with E-state index in [0.717, 1.165) is 24.3 Å². The molecule has 2 aromatic carbocycles. The molecule has 4 aromatic rings. The predicted molar refractivity (Wildman–Crippen MR) is 126 cm³/mol. The molecule has 0 amide bonds. The summed E-state index contributed by atoms with van der Waals surface area (Å²) in [5.74, 6) is 0.541. The molecule has 7 nitrogen and oxygen atoms in total. The summed E-state index contributed by atoms with van der Waals surface area (Å²) in [5.41, 5.74) is 0.915. The van der Waals surface area contributed by atoms with Crippen molar-refractivity contribution in [3.8, 4) is 11.3 Å². The van der Waals surface area contributed by atoms with Crippen LogP contribution in [0.3, 0.4) is 0 Å². The monoisotopic (exact) mass is 573 g/mol. The van der Waals surface area contributed by atoms with Gasteiger partial charge in [0.15, 0.2) is 5.65 Å². The maximum Gasteiger partial charge on any atom is 0.416 e. The first-order chi connectivity index (χ1) is 16.1. The van der Waals surface area contributed by atoms with Crippen LogP contribution in [0, 0.1) is 0 Å². The number of nitrogens with one attached hydrogen (secondary N) is 2. The topological polar surface area (TPSA) is 88.4 Å². The molecule has 2 aromatic heterocycles. The minimum Gasteiger partial charge on any atom is -0.369 e. The molecule has 0 aliphatic heterocycles. The fourth-order valence-corrected chi connectivity index (χ4v) is 4.76. The lowest BCUT2D eigenvalue weighted by Crippen LogP contribution is -2.29. The molecule has 13 heteroatoms. The number of fused-ring (bicyclic) bond motifs is 1. The Morgan fingerprint density at radius 1 is 1.06 bits per heavy atom. The van der Waals surface area contributed by atoms with Crippen LogP contribution in [-0.2, 0) is 16.2 Å². The molecular formula is C21H16BrClF3N5O2S. The number of hydrogen-bond donors (Lipinski definition) is 2. The Kier molecular flexibility index (Phi) is 6.85. The zero-order chi connectivity index (χ0) is 24.5. The van der Waals surface area contributed by atoms with Gasteiger partial charge in [0.2, 0.25) is 10.0 Å². The highest BCUT2D eigenvalue weighted by molar-refractivity contribution is 9.10. The smallest absolute Gasteiger partial charge is 0.369 e. The van der Waals surface area contributed by atoms with Crippen LogP contribution >= 0.6 is 27.5 Å². The third kappa shape index (κ3) is 5.19. The molecule has 2 heterocycles. The second kappa shape index (κ2) is 9.53. The van der Waals surface area contributed by atoms with Crippen molar-refractivity contribution in [3.05, 3.63) is 75.9 Å². The quantitative estimate of drug-likeness (QED) is 0.296. The van der Waals surface area contributed by atoms with Gasteiger partial charge in [0.25, 0.3) is 0 Å². The Labute approximate surface area is 206 Å². The van der Waals surface area contributed by atoms with Crippen LogP contribution in [0.15, 0.2) is 70.2 Å². The maximum absolute atomic E-state index is 12.7. The zero-order valence-corrected chi connectivity index (χ0v) is 20.3. The average Bonchev–Trinajstić information content (AvgIpc) is 3.17. The molecule has 0 aliphatic rings. The number of sulfonamides is 1. The third-order valence-corrected chi connectivity index (χ3v) is 7.16. The van der Waals surface area contributed by atoms with Crippen molar-refractivity contribution < 1.29 is 21.6 Å². The van der Waals surface area contributed by atoms with Crippen LogP contribution in [0.1, 0.15) is 5.56 Å². The van der Waals surface area contributed by atoms with E-state index in [1.807, 2.05) is 12.1 Å². The largest absolute Gasteiger partial charge is 0.416 e. The van der Waals surface area contributed by atoms with Crippen LogP contribution in [0.4, 0.5) is 19.0 Å². The summed E-state index contributed by atoms with van der Waals surface area (Å²) >= 11 is 9.72. The summed E-state index contributed by atoms with van der Waals surface area (Å²) in [4.78, 5) is 4.34. The summed E-state index contributed by atoms with van der Waals surface area (Å²) in [6.07, 6.45) is -2.96. The van der Waals surface area contributed by atoms with E-state index < -0.39 is 21.8 Å². The number of rotatable bonds is 7. The van der Waals surface area contributed by atoms with Gasteiger partial charge in [0.1, 0.15) is 5.82 Å². The van der Waals surface area contributed by atoms with E-state index in [0.29, 0.717) is 32.2 Å². The van der Waals surface area contributed by atoms with Gasteiger partial charge < -0.3 is 5.32 Å². The Balaban J connectivity index is 1.49. The number of benzene rings is 2. The van der Waals surface area contributed by atoms with Crippen molar-refractivity contribution in [2.75, 3.05) is 18.4 Å². The summed E-state index contributed by atoms with van der Waals surface area (Å²) in [6, 6.07) is 12.2. The van der Waals surface area contributed by atoms with Crippen LogP contribution in [0.25, 0.3) is 16.9 Å². The second-order valence-corrected chi connectivity index (χ2v) is 10.1. The van der Waals surface area contributed by atoms with E-state index >= 15 is 0 Å². The molecule has 0 radical (unpaired) electrons. The summed E-state index contributed by atoms with van der Waals surface area (Å²) in [5, 5.41) is 7.88. The lowest BCUT2D eigenvalue weighted by molar-refractivity contribution is -0.137. The summed E-state index contributed by atoms with van der Waals surface area (Å²) in [7, 11) is -3.99. The Morgan fingerprint density at radius 2 is 1.76 bits per heavy atom. The molecule has 34 heavy (non-hydrogen) atoms. The number of alkyl halides is 3. The predicted octanol–water partition coefficient (Wildman–Crippen LogP) is 5.22. The molecular weight excluding hydrogens is 559 g/mol.